The number of nitrogens with zero attached hydrogens (tertiary/aromatic N) is 2. The number of nitro groups is 1. The molecule has 110 valence electrons. The lowest BCUT2D eigenvalue weighted by Crippen LogP contribution is -2.44. The Kier molecular flexibility index (Phi) is 4.46. The molecule has 0 aromatic heterocycles. The molecule has 1 N–H and O–H groups in total. The number of anilines is 1. The second-order valence-corrected chi connectivity index (χ2v) is 4.42. The molecule has 20 heavy (non-hydrogen) atoms. The summed E-state index contributed by atoms with van der Waals surface area (Å²) < 4.78 is 31.4. The van der Waals surface area contributed by atoms with Gasteiger partial charge in [-0.15, -0.1) is 0 Å². The summed E-state index contributed by atoms with van der Waals surface area (Å²) >= 11 is 0. The van der Waals surface area contributed by atoms with E-state index in [2.05, 4.69) is 0 Å². The normalized spacial score (nSPS) is 19.4. The van der Waals surface area contributed by atoms with Crippen molar-refractivity contribution in [2.45, 2.75) is 12.5 Å². The highest BCUT2D eigenvalue weighted by molar-refractivity contribution is 5.58. The summed E-state index contributed by atoms with van der Waals surface area (Å²) in [5, 5.41) is 19.7. The fraction of sp³-hybridized carbons (Fsp3) is 0.500. The number of alkyl halides is 2. The summed E-state index contributed by atoms with van der Waals surface area (Å²) in [6.07, 6.45) is -3.25. The fourth-order valence-electron chi connectivity index (χ4n) is 2.17. The van der Waals surface area contributed by atoms with Gasteiger partial charge < -0.3 is 14.7 Å². The van der Waals surface area contributed by atoms with Crippen molar-refractivity contribution < 1.29 is 23.5 Å². The van der Waals surface area contributed by atoms with E-state index in [0.717, 1.165) is 6.07 Å². The van der Waals surface area contributed by atoms with Crippen molar-refractivity contribution in [3.63, 3.8) is 0 Å². The molecule has 0 saturated carbocycles. The number of halogens is 2. The highest BCUT2D eigenvalue weighted by Gasteiger charge is 2.25. The lowest BCUT2D eigenvalue weighted by molar-refractivity contribution is -0.385. The Hall–Kier alpha value is -1.80. The maximum absolute atomic E-state index is 13.1. The van der Waals surface area contributed by atoms with E-state index in [-0.39, 0.29) is 30.1 Å². The lowest BCUT2D eigenvalue weighted by Gasteiger charge is -2.34. The van der Waals surface area contributed by atoms with Gasteiger partial charge in [0.2, 0.25) is 0 Å². The van der Waals surface area contributed by atoms with Gasteiger partial charge in [-0.3, -0.25) is 10.1 Å². The molecular formula is C12H14F2N2O4. The van der Waals surface area contributed by atoms with E-state index in [9.17, 15) is 18.9 Å². The maximum atomic E-state index is 13.1. The second-order valence-electron chi connectivity index (χ2n) is 4.42. The van der Waals surface area contributed by atoms with Gasteiger partial charge in [0.25, 0.3) is 12.1 Å². The van der Waals surface area contributed by atoms with Crippen LogP contribution in [0, 0.1) is 10.1 Å². The minimum atomic E-state index is -2.81. The highest BCUT2D eigenvalue weighted by atomic mass is 19.3. The van der Waals surface area contributed by atoms with Crippen LogP contribution in [0.5, 0.6) is 0 Å². The molecule has 8 heteroatoms. The van der Waals surface area contributed by atoms with Crippen LogP contribution in [0.3, 0.4) is 0 Å². The van der Waals surface area contributed by atoms with Gasteiger partial charge in [0, 0.05) is 36.5 Å². The monoisotopic (exact) mass is 288 g/mol. The molecule has 1 atom stereocenters. The Bertz CT molecular complexity index is 498. The molecule has 1 saturated heterocycles. The number of ether oxygens (including phenoxy) is 1. The molecule has 0 amide bonds. The lowest BCUT2D eigenvalue weighted by atomic mass is 10.1. The number of hydrogen-bond donors (Lipinski definition) is 1. The Balaban J connectivity index is 2.32. The molecule has 0 bridgehead atoms. The summed E-state index contributed by atoms with van der Waals surface area (Å²) in [6, 6.07) is 3.41. The number of aliphatic hydroxyl groups excluding tert-OH is 1. The van der Waals surface area contributed by atoms with Gasteiger partial charge in [-0.05, 0) is 6.07 Å². The van der Waals surface area contributed by atoms with E-state index in [4.69, 9.17) is 9.84 Å². The van der Waals surface area contributed by atoms with E-state index >= 15 is 0 Å². The Labute approximate surface area is 113 Å². The minimum Gasteiger partial charge on any atom is -0.394 e. The highest BCUT2D eigenvalue weighted by Crippen LogP contribution is 2.33. The fourth-order valence-corrected chi connectivity index (χ4v) is 2.17. The first-order chi connectivity index (χ1) is 9.52. The molecule has 0 aliphatic carbocycles. The van der Waals surface area contributed by atoms with Gasteiger partial charge in [0.1, 0.15) is 0 Å². The Morgan fingerprint density at radius 2 is 2.30 bits per heavy atom. The number of morpholine rings is 1. The van der Waals surface area contributed by atoms with Crippen molar-refractivity contribution in [2.75, 3.05) is 31.2 Å². The van der Waals surface area contributed by atoms with Crippen molar-refractivity contribution >= 4 is 11.4 Å². The quantitative estimate of drug-likeness (QED) is 0.674. The smallest absolute Gasteiger partial charge is 0.270 e. The SMILES string of the molecule is O=[N+]([O-])c1ccc(N2CCOC(CO)C2)c(C(F)F)c1. The molecule has 1 heterocycles. The van der Waals surface area contributed by atoms with Crippen LogP contribution in [-0.4, -0.2) is 42.4 Å². The average molecular weight is 288 g/mol. The summed E-state index contributed by atoms with van der Waals surface area (Å²) in [5.41, 5.74) is -0.499. The van der Waals surface area contributed by atoms with Gasteiger partial charge in [0.05, 0.1) is 24.2 Å². The number of aliphatic hydroxyl groups is 1. The molecule has 1 aliphatic rings. The number of hydrogen-bond acceptors (Lipinski definition) is 5. The summed E-state index contributed by atoms with van der Waals surface area (Å²) in [7, 11) is 0. The first-order valence-corrected chi connectivity index (χ1v) is 6.07. The zero-order valence-corrected chi connectivity index (χ0v) is 10.5. The number of benzene rings is 1. The molecule has 1 aliphatic heterocycles. The van der Waals surface area contributed by atoms with Crippen molar-refractivity contribution in [2.24, 2.45) is 0 Å². The Morgan fingerprint density at radius 3 is 2.90 bits per heavy atom. The van der Waals surface area contributed by atoms with Crippen LogP contribution in [0.1, 0.15) is 12.0 Å². The van der Waals surface area contributed by atoms with E-state index in [0.29, 0.717) is 13.2 Å². The molecule has 1 aromatic rings. The minimum absolute atomic E-state index is 0.201. The van der Waals surface area contributed by atoms with Crippen LogP contribution in [0.2, 0.25) is 0 Å². The summed E-state index contributed by atoms with van der Waals surface area (Å²) in [4.78, 5) is 11.6. The van der Waals surface area contributed by atoms with Crippen LogP contribution in [-0.2, 0) is 4.74 Å². The van der Waals surface area contributed by atoms with Crippen molar-refractivity contribution in [3.8, 4) is 0 Å². The number of nitro benzene ring substituents is 1. The topological polar surface area (TPSA) is 75.8 Å². The molecule has 0 radical (unpaired) electrons. The molecule has 2 rings (SSSR count). The molecule has 1 fully saturated rings. The van der Waals surface area contributed by atoms with Gasteiger partial charge in [0.15, 0.2) is 0 Å². The van der Waals surface area contributed by atoms with E-state index < -0.39 is 17.5 Å². The summed E-state index contributed by atoms with van der Waals surface area (Å²) in [6.45, 7) is 0.778. The largest absolute Gasteiger partial charge is 0.394 e. The first kappa shape index (κ1) is 14.6. The third-order valence-electron chi connectivity index (χ3n) is 3.14. The zero-order chi connectivity index (χ0) is 14.7. The van der Waals surface area contributed by atoms with Crippen molar-refractivity contribution in [1.82, 2.24) is 0 Å². The first-order valence-electron chi connectivity index (χ1n) is 6.07. The predicted octanol–water partition coefficient (Wildman–Crippen LogP) is 1.73. The Morgan fingerprint density at radius 1 is 1.55 bits per heavy atom. The van der Waals surface area contributed by atoms with Gasteiger partial charge in [-0.2, -0.15) is 0 Å². The molecule has 6 nitrogen and oxygen atoms in total. The second kappa shape index (κ2) is 6.10. The van der Waals surface area contributed by atoms with Crippen molar-refractivity contribution in [1.29, 1.82) is 0 Å². The third kappa shape index (κ3) is 3.02. The van der Waals surface area contributed by atoms with Crippen molar-refractivity contribution in [3.05, 3.63) is 33.9 Å². The van der Waals surface area contributed by atoms with Crippen LogP contribution in [0.15, 0.2) is 18.2 Å². The summed E-state index contributed by atoms with van der Waals surface area (Å²) in [5.74, 6) is 0. The van der Waals surface area contributed by atoms with Crippen LogP contribution >= 0.6 is 0 Å². The maximum Gasteiger partial charge on any atom is 0.270 e. The van der Waals surface area contributed by atoms with E-state index in [1.54, 1.807) is 4.90 Å². The van der Waals surface area contributed by atoms with Gasteiger partial charge in [-0.1, -0.05) is 0 Å². The molecule has 0 spiro atoms. The predicted molar refractivity (Wildman–Crippen MR) is 67.1 cm³/mol. The number of rotatable bonds is 4. The van der Waals surface area contributed by atoms with Crippen LogP contribution < -0.4 is 4.90 Å². The molecule has 1 aromatic carbocycles. The standard InChI is InChI=1S/C12H14F2N2O4/c13-12(14)10-5-8(16(18)19)1-2-11(10)15-3-4-20-9(6-15)7-17/h1-2,5,9,12,17H,3-4,6-7H2. The van der Waals surface area contributed by atoms with Gasteiger partial charge in [-0.25, -0.2) is 8.78 Å². The zero-order valence-electron chi connectivity index (χ0n) is 10.5. The van der Waals surface area contributed by atoms with E-state index in [1.165, 1.54) is 12.1 Å². The van der Waals surface area contributed by atoms with E-state index in [1.807, 2.05) is 0 Å². The average Bonchev–Trinajstić information content (AvgIpc) is 2.46. The molecule has 1 unspecified atom stereocenters. The van der Waals surface area contributed by atoms with Crippen LogP contribution in [0.25, 0.3) is 0 Å². The third-order valence-corrected chi connectivity index (χ3v) is 3.14. The molecular weight excluding hydrogens is 274 g/mol. The van der Waals surface area contributed by atoms with Crippen LogP contribution in [0.4, 0.5) is 20.2 Å². The van der Waals surface area contributed by atoms with Gasteiger partial charge >= 0.3 is 0 Å². The number of non-ortho nitro benzene ring substituents is 1.